The van der Waals surface area contributed by atoms with Gasteiger partial charge >= 0.3 is 0 Å². The summed E-state index contributed by atoms with van der Waals surface area (Å²) < 4.78 is 15.3. The van der Waals surface area contributed by atoms with Crippen molar-refractivity contribution in [3.8, 4) is 11.5 Å². The number of rotatable bonds is 12. The van der Waals surface area contributed by atoms with Gasteiger partial charge in [0, 0.05) is 20.5 Å². The Balaban J connectivity index is 1.91. The molecule has 0 radical (unpaired) electrons. The third kappa shape index (κ3) is 5.01. The first kappa shape index (κ1) is 21.4. The zero-order valence-corrected chi connectivity index (χ0v) is 19.5. The van der Waals surface area contributed by atoms with Crippen LogP contribution in [0.5, 0.6) is 11.5 Å². The molecule has 3 rings (SSSR count). The number of fused-ring (bicyclic) bond motifs is 2. The van der Waals surface area contributed by atoms with E-state index in [1.165, 1.54) is 68.5 Å². The molecule has 0 unspecified atom stereocenters. The standard InChI is InChI=1S/C24H34O2S2/c1-5-7-9-11-13-25-21-19-15-17(3)28-24(19)22(26-14-12-10-8-6-2)20-16-18(4)27-23(20)21/h15-16H,5-14H2,1-4H3. The summed E-state index contributed by atoms with van der Waals surface area (Å²) >= 11 is 3.66. The number of unbranched alkanes of at least 4 members (excludes halogenated alkanes) is 6. The smallest absolute Gasteiger partial charge is 0.146 e. The third-order valence-corrected chi connectivity index (χ3v) is 7.20. The van der Waals surface area contributed by atoms with Crippen LogP contribution in [0.15, 0.2) is 12.1 Å². The van der Waals surface area contributed by atoms with Crippen LogP contribution in [-0.2, 0) is 0 Å². The van der Waals surface area contributed by atoms with Crippen LogP contribution in [0.25, 0.3) is 20.2 Å². The second-order valence-electron chi connectivity index (χ2n) is 7.68. The average molecular weight is 419 g/mol. The van der Waals surface area contributed by atoms with Crippen molar-refractivity contribution < 1.29 is 9.47 Å². The Bertz CT molecular complexity index is 764. The Morgan fingerprint density at radius 2 is 1.07 bits per heavy atom. The zero-order valence-electron chi connectivity index (χ0n) is 17.9. The molecule has 0 fully saturated rings. The van der Waals surface area contributed by atoms with Gasteiger partial charge in [-0.15, -0.1) is 22.7 Å². The molecule has 0 aliphatic heterocycles. The molecule has 0 N–H and O–H groups in total. The van der Waals surface area contributed by atoms with Crippen molar-refractivity contribution in [1.29, 1.82) is 0 Å². The molecular formula is C24H34O2S2. The Kier molecular flexibility index (Phi) is 8.04. The molecular weight excluding hydrogens is 384 g/mol. The summed E-state index contributed by atoms with van der Waals surface area (Å²) in [4.78, 5) is 2.63. The van der Waals surface area contributed by atoms with Crippen LogP contribution >= 0.6 is 22.7 Å². The summed E-state index contributed by atoms with van der Waals surface area (Å²) in [7, 11) is 0. The number of hydrogen-bond acceptors (Lipinski definition) is 4. The molecule has 2 aromatic heterocycles. The van der Waals surface area contributed by atoms with Gasteiger partial charge in [-0.2, -0.15) is 0 Å². The summed E-state index contributed by atoms with van der Waals surface area (Å²) in [6, 6.07) is 4.56. The van der Waals surface area contributed by atoms with Gasteiger partial charge in [0.1, 0.15) is 11.5 Å². The van der Waals surface area contributed by atoms with Crippen molar-refractivity contribution in [3.05, 3.63) is 21.9 Å². The van der Waals surface area contributed by atoms with Gasteiger partial charge in [-0.05, 0) is 38.8 Å². The van der Waals surface area contributed by atoms with Crippen LogP contribution in [0.1, 0.15) is 75.0 Å². The van der Waals surface area contributed by atoms with Crippen LogP contribution in [0, 0.1) is 13.8 Å². The number of hydrogen-bond donors (Lipinski definition) is 0. The normalized spacial score (nSPS) is 11.6. The predicted octanol–water partition coefficient (Wildman–Crippen LogP) is 8.65. The van der Waals surface area contributed by atoms with E-state index in [1.54, 1.807) is 0 Å². The molecule has 2 nitrogen and oxygen atoms in total. The van der Waals surface area contributed by atoms with Crippen LogP contribution in [-0.4, -0.2) is 13.2 Å². The molecule has 28 heavy (non-hydrogen) atoms. The Morgan fingerprint density at radius 1 is 0.643 bits per heavy atom. The molecule has 4 heteroatoms. The monoisotopic (exact) mass is 418 g/mol. The third-order valence-electron chi connectivity index (χ3n) is 5.10. The van der Waals surface area contributed by atoms with Crippen LogP contribution in [0.2, 0.25) is 0 Å². The fraction of sp³-hybridized carbons (Fsp3) is 0.583. The molecule has 2 heterocycles. The molecule has 154 valence electrons. The summed E-state index contributed by atoms with van der Waals surface area (Å²) in [6.07, 6.45) is 9.82. The SMILES string of the molecule is CCCCCCOc1c2cc(C)sc2c(OCCCCCC)c2cc(C)sc12. The highest BCUT2D eigenvalue weighted by molar-refractivity contribution is 7.21. The maximum absolute atomic E-state index is 6.38. The lowest BCUT2D eigenvalue weighted by molar-refractivity contribution is 0.307. The topological polar surface area (TPSA) is 18.5 Å². The quantitative estimate of drug-likeness (QED) is 0.274. The van der Waals surface area contributed by atoms with Crippen molar-refractivity contribution in [1.82, 2.24) is 0 Å². The van der Waals surface area contributed by atoms with Crippen molar-refractivity contribution in [3.63, 3.8) is 0 Å². The van der Waals surface area contributed by atoms with Gasteiger partial charge in [-0.25, -0.2) is 0 Å². The summed E-state index contributed by atoms with van der Waals surface area (Å²) in [6.45, 7) is 10.5. The highest BCUT2D eigenvalue weighted by Gasteiger charge is 2.20. The number of benzene rings is 1. The fourth-order valence-electron chi connectivity index (χ4n) is 3.64. The second-order valence-corrected chi connectivity index (χ2v) is 10.2. The van der Waals surface area contributed by atoms with Gasteiger partial charge in [0.15, 0.2) is 0 Å². The predicted molar refractivity (Wildman–Crippen MR) is 126 cm³/mol. The Labute approximate surface area is 177 Å². The van der Waals surface area contributed by atoms with E-state index in [4.69, 9.17) is 9.47 Å². The summed E-state index contributed by atoms with van der Waals surface area (Å²) in [5.74, 6) is 2.14. The summed E-state index contributed by atoms with van der Waals surface area (Å²) in [5, 5.41) is 2.46. The highest BCUT2D eigenvalue weighted by Crippen LogP contribution is 2.49. The first-order valence-corrected chi connectivity index (χ1v) is 12.5. The van der Waals surface area contributed by atoms with E-state index in [-0.39, 0.29) is 0 Å². The lowest BCUT2D eigenvalue weighted by Crippen LogP contribution is -2.00. The van der Waals surface area contributed by atoms with E-state index in [0.29, 0.717) is 0 Å². The van der Waals surface area contributed by atoms with E-state index in [1.807, 2.05) is 22.7 Å². The van der Waals surface area contributed by atoms with Gasteiger partial charge in [0.05, 0.1) is 22.6 Å². The largest absolute Gasteiger partial charge is 0.491 e. The Hall–Kier alpha value is -1.26. The molecule has 3 aromatic rings. The van der Waals surface area contributed by atoms with Crippen molar-refractivity contribution >= 4 is 42.8 Å². The molecule has 0 aliphatic carbocycles. The van der Waals surface area contributed by atoms with E-state index >= 15 is 0 Å². The van der Waals surface area contributed by atoms with Gasteiger partial charge < -0.3 is 9.47 Å². The summed E-state index contributed by atoms with van der Waals surface area (Å²) in [5.41, 5.74) is 0. The maximum Gasteiger partial charge on any atom is 0.146 e. The number of ether oxygens (including phenoxy) is 2. The van der Waals surface area contributed by atoms with Crippen LogP contribution < -0.4 is 9.47 Å². The molecule has 0 bridgehead atoms. The van der Waals surface area contributed by atoms with Crippen molar-refractivity contribution in [2.75, 3.05) is 13.2 Å². The lowest BCUT2D eigenvalue weighted by atomic mass is 10.1. The lowest BCUT2D eigenvalue weighted by Gasteiger charge is -2.13. The number of aryl methyl sites for hydroxylation is 2. The molecule has 0 atom stereocenters. The first-order chi connectivity index (χ1) is 13.7. The fourth-order valence-corrected chi connectivity index (χ4v) is 5.68. The van der Waals surface area contributed by atoms with Crippen molar-refractivity contribution in [2.24, 2.45) is 0 Å². The van der Waals surface area contributed by atoms with E-state index in [0.717, 1.165) is 37.6 Å². The maximum atomic E-state index is 6.38. The van der Waals surface area contributed by atoms with Gasteiger partial charge in [0.2, 0.25) is 0 Å². The van der Waals surface area contributed by atoms with Gasteiger partial charge in [0.25, 0.3) is 0 Å². The van der Waals surface area contributed by atoms with Crippen molar-refractivity contribution in [2.45, 2.75) is 79.1 Å². The molecule has 0 saturated carbocycles. The Morgan fingerprint density at radius 3 is 1.46 bits per heavy atom. The molecule has 0 spiro atoms. The van der Waals surface area contributed by atoms with E-state index < -0.39 is 0 Å². The van der Waals surface area contributed by atoms with Crippen LogP contribution in [0.4, 0.5) is 0 Å². The van der Waals surface area contributed by atoms with Crippen LogP contribution in [0.3, 0.4) is 0 Å². The second kappa shape index (κ2) is 10.5. The van der Waals surface area contributed by atoms with E-state index in [2.05, 4.69) is 39.8 Å². The molecule has 0 amide bonds. The highest BCUT2D eigenvalue weighted by atomic mass is 32.1. The average Bonchev–Trinajstić information content (AvgIpc) is 3.24. The first-order valence-electron chi connectivity index (χ1n) is 10.9. The number of thiophene rings is 2. The molecule has 0 aliphatic rings. The van der Waals surface area contributed by atoms with Gasteiger partial charge in [-0.1, -0.05) is 52.4 Å². The molecule has 1 aromatic carbocycles. The minimum atomic E-state index is 0.799. The van der Waals surface area contributed by atoms with E-state index in [9.17, 15) is 0 Å². The minimum absolute atomic E-state index is 0.799. The minimum Gasteiger partial charge on any atom is -0.491 e. The zero-order chi connectivity index (χ0) is 19.9. The van der Waals surface area contributed by atoms with Gasteiger partial charge in [-0.3, -0.25) is 0 Å². The molecule has 0 saturated heterocycles.